The van der Waals surface area contributed by atoms with E-state index >= 15 is 0 Å². The van der Waals surface area contributed by atoms with Crippen molar-refractivity contribution in [3.05, 3.63) is 24.4 Å². The zero-order chi connectivity index (χ0) is 16.4. The Kier molecular flexibility index (Phi) is 4.57. The Morgan fingerprint density at radius 2 is 1.83 bits per heavy atom. The molecule has 0 saturated heterocycles. The Hall–Kier alpha value is -2.01. The van der Waals surface area contributed by atoms with Gasteiger partial charge in [-0.3, -0.25) is 9.88 Å². The topological polar surface area (TPSA) is 46.6 Å². The van der Waals surface area contributed by atoms with Crippen molar-refractivity contribution in [3.8, 4) is 11.5 Å². The average molecular weight is 315 g/mol. The summed E-state index contributed by atoms with van der Waals surface area (Å²) in [5.74, 6) is 1.56. The fraction of sp³-hybridized carbons (Fsp3) is 0.500. The van der Waals surface area contributed by atoms with Crippen LogP contribution in [0.3, 0.4) is 0 Å². The number of hydrogen-bond acceptors (Lipinski definition) is 5. The van der Waals surface area contributed by atoms with Gasteiger partial charge in [-0.25, -0.2) is 0 Å². The molecule has 124 valence electrons. The maximum Gasteiger partial charge on any atom is 0.231 e. The molecule has 1 aliphatic heterocycles. The average Bonchev–Trinajstić information content (AvgIpc) is 2.96. The minimum Gasteiger partial charge on any atom is -0.454 e. The smallest absolute Gasteiger partial charge is 0.231 e. The number of aromatic nitrogens is 1. The molecule has 0 fully saturated rings. The molecular weight excluding hydrogens is 290 g/mol. The predicted octanol–water partition coefficient (Wildman–Crippen LogP) is 3.49. The van der Waals surface area contributed by atoms with E-state index in [1.165, 1.54) is 0 Å². The Bertz CT molecular complexity index is 677. The van der Waals surface area contributed by atoms with Crippen LogP contribution in [0.4, 0.5) is 5.69 Å². The van der Waals surface area contributed by atoms with Crippen LogP contribution in [0.25, 0.3) is 10.9 Å². The zero-order valence-electron chi connectivity index (χ0n) is 14.3. The van der Waals surface area contributed by atoms with Gasteiger partial charge in [0.2, 0.25) is 6.79 Å². The van der Waals surface area contributed by atoms with Gasteiger partial charge in [0, 0.05) is 48.5 Å². The molecule has 0 amide bonds. The van der Waals surface area contributed by atoms with E-state index in [0.717, 1.165) is 41.2 Å². The van der Waals surface area contributed by atoms with Gasteiger partial charge in [0.15, 0.2) is 11.5 Å². The van der Waals surface area contributed by atoms with Gasteiger partial charge in [0.1, 0.15) is 0 Å². The van der Waals surface area contributed by atoms with Crippen LogP contribution in [0.5, 0.6) is 11.5 Å². The predicted molar refractivity (Wildman–Crippen MR) is 93.3 cm³/mol. The van der Waals surface area contributed by atoms with Crippen molar-refractivity contribution in [2.24, 2.45) is 0 Å². The molecule has 2 heterocycles. The lowest BCUT2D eigenvalue weighted by Crippen LogP contribution is -2.40. The summed E-state index contributed by atoms with van der Waals surface area (Å²) in [5.41, 5.74) is 2.00. The van der Waals surface area contributed by atoms with Crippen LogP contribution >= 0.6 is 0 Å². The fourth-order valence-electron chi connectivity index (χ4n) is 3.12. The number of rotatable bonds is 6. The maximum atomic E-state index is 5.48. The van der Waals surface area contributed by atoms with Crippen LogP contribution in [-0.2, 0) is 0 Å². The van der Waals surface area contributed by atoms with Gasteiger partial charge in [-0.1, -0.05) is 0 Å². The molecule has 0 atom stereocenters. The lowest BCUT2D eigenvalue weighted by Gasteiger charge is -2.30. The molecule has 0 aliphatic carbocycles. The summed E-state index contributed by atoms with van der Waals surface area (Å²) in [7, 11) is 0. The number of pyridine rings is 1. The molecule has 0 radical (unpaired) electrons. The van der Waals surface area contributed by atoms with Crippen LogP contribution in [-0.4, -0.2) is 41.9 Å². The van der Waals surface area contributed by atoms with Crippen LogP contribution in [0.1, 0.15) is 27.7 Å². The number of nitrogens with one attached hydrogen (secondary N) is 1. The van der Waals surface area contributed by atoms with E-state index in [1.54, 1.807) is 0 Å². The van der Waals surface area contributed by atoms with E-state index < -0.39 is 0 Å². The van der Waals surface area contributed by atoms with E-state index in [9.17, 15) is 0 Å². The first-order valence-corrected chi connectivity index (χ1v) is 8.24. The lowest BCUT2D eigenvalue weighted by atomic mass is 10.1. The summed E-state index contributed by atoms with van der Waals surface area (Å²) < 4.78 is 10.9. The molecule has 0 unspecified atom stereocenters. The summed E-state index contributed by atoms with van der Waals surface area (Å²) in [6, 6.07) is 7.05. The van der Waals surface area contributed by atoms with Crippen LogP contribution in [0, 0.1) is 0 Å². The van der Waals surface area contributed by atoms with E-state index in [1.807, 2.05) is 24.4 Å². The Labute approximate surface area is 137 Å². The standard InChI is InChI=1S/C18H25N3O2/c1-12(2)21(13(3)4)8-7-20-15-5-6-19-16-10-18-17(9-14(15)16)22-11-23-18/h5-6,9-10,12-13H,7-8,11H2,1-4H3,(H,19,20). The second kappa shape index (κ2) is 6.62. The van der Waals surface area contributed by atoms with Crippen molar-refractivity contribution < 1.29 is 9.47 Å². The number of nitrogens with zero attached hydrogens (tertiary/aromatic N) is 2. The van der Waals surface area contributed by atoms with Crippen molar-refractivity contribution >= 4 is 16.6 Å². The highest BCUT2D eigenvalue weighted by Gasteiger charge is 2.16. The molecule has 5 nitrogen and oxygen atoms in total. The number of fused-ring (bicyclic) bond motifs is 2. The molecule has 1 aromatic heterocycles. The molecule has 1 N–H and O–H groups in total. The quantitative estimate of drug-likeness (QED) is 0.884. The molecule has 0 bridgehead atoms. The molecule has 1 aromatic carbocycles. The first-order chi connectivity index (χ1) is 11.1. The summed E-state index contributed by atoms with van der Waals surface area (Å²) in [5, 5.41) is 4.61. The molecule has 3 rings (SSSR count). The summed E-state index contributed by atoms with van der Waals surface area (Å²) in [4.78, 5) is 6.91. The van der Waals surface area contributed by atoms with Gasteiger partial charge in [0.25, 0.3) is 0 Å². The van der Waals surface area contributed by atoms with Crippen LogP contribution < -0.4 is 14.8 Å². The number of anilines is 1. The highest BCUT2D eigenvalue weighted by atomic mass is 16.7. The second-order valence-corrected chi connectivity index (χ2v) is 6.43. The molecule has 23 heavy (non-hydrogen) atoms. The molecule has 0 saturated carbocycles. The van der Waals surface area contributed by atoms with Crippen molar-refractivity contribution in [1.29, 1.82) is 0 Å². The van der Waals surface area contributed by atoms with Gasteiger partial charge in [-0.15, -0.1) is 0 Å². The normalized spacial score (nSPS) is 13.5. The Morgan fingerprint density at radius 1 is 1.13 bits per heavy atom. The second-order valence-electron chi connectivity index (χ2n) is 6.43. The fourth-order valence-corrected chi connectivity index (χ4v) is 3.12. The van der Waals surface area contributed by atoms with E-state index in [2.05, 4.69) is 42.9 Å². The van der Waals surface area contributed by atoms with Crippen molar-refractivity contribution in [2.75, 3.05) is 25.2 Å². The molecule has 5 heteroatoms. The van der Waals surface area contributed by atoms with Gasteiger partial charge in [0.05, 0.1) is 5.52 Å². The monoisotopic (exact) mass is 315 g/mol. The van der Waals surface area contributed by atoms with E-state index in [4.69, 9.17) is 9.47 Å². The lowest BCUT2D eigenvalue weighted by molar-refractivity contribution is 0.174. The Balaban J connectivity index is 1.75. The highest BCUT2D eigenvalue weighted by Crippen LogP contribution is 2.37. The number of hydrogen-bond donors (Lipinski definition) is 1. The van der Waals surface area contributed by atoms with Crippen molar-refractivity contribution in [2.45, 2.75) is 39.8 Å². The summed E-state index contributed by atoms with van der Waals surface area (Å²) in [6.45, 7) is 11.1. The molecule has 0 spiro atoms. The maximum absolute atomic E-state index is 5.48. The van der Waals surface area contributed by atoms with Crippen molar-refractivity contribution in [3.63, 3.8) is 0 Å². The van der Waals surface area contributed by atoms with Gasteiger partial charge >= 0.3 is 0 Å². The van der Waals surface area contributed by atoms with Crippen LogP contribution in [0.15, 0.2) is 24.4 Å². The minimum absolute atomic E-state index is 0.284. The highest BCUT2D eigenvalue weighted by molar-refractivity contribution is 5.93. The first-order valence-electron chi connectivity index (χ1n) is 8.24. The SMILES string of the molecule is CC(C)N(CCNc1ccnc2cc3c(cc12)OCO3)C(C)C. The van der Waals surface area contributed by atoms with Crippen molar-refractivity contribution in [1.82, 2.24) is 9.88 Å². The van der Waals surface area contributed by atoms with E-state index in [0.29, 0.717) is 12.1 Å². The van der Waals surface area contributed by atoms with Crippen LogP contribution in [0.2, 0.25) is 0 Å². The third-order valence-corrected chi connectivity index (χ3v) is 4.25. The third-order valence-electron chi connectivity index (χ3n) is 4.25. The molecule has 2 aromatic rings. The molecular formula is C18H25N3O2. The largest absolute Gasteiger partial charge is 0.454 e. The third kappa shape index (κ3) is 3.34. The van der Waals surface area contributed by atoms with Gasteiger partial charge < -0.3 is 14.8 Å². The summed E-state index contributed by atoms with van der Waals surface area (Å²) >= 11 is 0. The van der Waals surface area contributed by atoms with E-state index in [-0.39, 0.29) is 6.79 Å². The van der Waals surface area contributed by atoms with Gasteiger partial charge in [-0.05, 0) is 39.8 Å². The summed E-state index contributed by atoms with van der Waals surface area (Å²) in [6.07, 6.45) is 1.83. The minimum atomic E-state index is 0.284. The number of benzene rings is 1. The first kappa shape index (κ1) is 15.9. The molecule has 1 aliphatic rings. The van der Waals surface area contributed by atoms with Gasteiger partial charge in [-0.2, -0.15) is 0 Å². The zero-order valence-corrected chi connectivity index (χ0v) is 14.3. The Morgan fingerprint density at radius 3 is 2.52 bits per heavy atom. The number of ether oxygens (including phenoxy) is 2.